The average Bonchev–Trinajstić information content (AvgIpc) is 3.82. The maximum atomic E-state index is 13.6. The molecular formula is C25H25N11O3. The number of tetrazole rings is 1. The topological polar surface area (TPSA) is 153 Å². The fourth-order valence-corrected chi connectivity index (χ4v) is 4.34. The normalized spacial score (nSPS) is 16.6. The van der Waals surface area contributed by atoms with Crippen LogP contribution in [0.25, 0.3) is 22.4 Å². The van der Waals surface area contributed by atoms with Gasteiger partial charge in [0.05, 0.1) is 40.9 Å². The molecule has 39 heavy (non-hydrogen) atoms. The largest absolute Gasteiger partial charge is 0.494 e. The number of H-pyrrole nitrogens is 1. The number of piperazine rings is 1. The van der Waals surface area contributed by atoms with Crippen molar-refractivity contribution in [1.82, 2.24) is 49.8 Å². The van der Waals surface area contributed by atoms with Crippen LogP contribution in [0.5, 0.6) is 5.75 Å². The van der Waals surface area contributed by atoms with Crippen molar-refractivity contribution in [2.45, 2.75) is 13.8 Å². The molecule has 1 amide bonds. The minimum Gasteiger partial charge on any atom is -0.494 e. The van der Waals surface area contributed by atoms with Gasteiger partial charge in [0.15, 0.2) is 5.82 Å². The lowest BCUT2D eigenvalue weighted by Crippen LogP contribution is -2.51. The van der Waals surface area contributed by atoms with Crippen LogP contribution in [-0.2, 0) is 4.79 Å². The van der Waals surface area contributed by atoms with Gasteiger partial charge in [-0.05, 0) is 36.3 Å². The molecule has 1 aliphatic heterocycles. The molecule has 0 spiro atoms. The first-order valence-electron chi connectivity index (χ1n) is 15.2. The van der Waals surface area contributed by atoms with Crippen molar-refractivity contribution in [3.8, 4) is 17.3 Å². The number of hydrogen-bond acceptors (Lipinski definition) is 10. The van der Waals surface area contributed by atoms with Crippen molar-refractivity contribution in [2.75, 3.05) is 38.2 Å². The average molecular weight is 535 g/mol. The van der Waals surface area contributed by atoms with Crippen LogP contribution in [-0.4, -0.2) is 94.8 Å². The fraction of sp³-hybridized carbons (Fsp3) is 0.280. The number of ketones is 1. The minimum absolute atomic E-state index is 0.0192. The van der Waals surface area contributed by atoms with Crippen molar-refractivity contribution in [1.29, 1.82) is 0 Å². The summed E-state index contributed by atoms with van der Waals surface area (Å²) in [6.45, 7) is -0.400. The van der Waals surface area contributed by atoms with Crippen LogP contribution in [0.3, 0.4) is 0 Å². The van der Waals surface area contributed by atoms with Crippen molar-refractivity contribution in [3.05, 3.63) is 59.8 Å². The summed E-state index contributed by atoms with van der Waals surface area (Å²) in [6, 6.07) is -0.990. The summed E-state index contributed by atoms with van der Waals surface area (Å²) in [5.74, 6) is -1.46. The highest BCUT2D eigenvalue weighted by Gasteiger charge is 2.31. The zero-order valence-corrected chi connectivity index (χ0v) is 20.8. The van der Waals surface area contributed by atoms with Crippen molar-refractivity contribution >= 4 is 28.5 Å². The number of methoxy groups -OCH3 is 1. The minimum atomic E-state index is -2.54. The van der Waals surface area contributed by atoms with Gasteiger partial charge in [-0.2, -0.15) is 9.78 Å². The summed E-state index contributed by atoms with van der Waals surface area (Å²) in [4.78, 5) is 41.2. The number of nitrogens with one attached hydrogen (secondary N) is 1. The molecule has 0 saturated carbocycles. The molecule has 4 aromatic heterocycles. The van der Waals surface area contributed by atoms with Crippen molar-refractivity contribution in [2.24, 2.45) is 0 Å². The second-order valence-corrected chi connectivity index (χ2v) is 8.59. The Kier molecular flexibility index (Phi) is 4.29. The zero-order chi connectivity index (χ0) is 33.1. The van der Waals surface area contributed by atoms with E-state index in [1.165, 1.54) is 37.7 Å². The van der Waals surface area contributed by atoms with Crippen LogP contribution in [0.2, 0.25) is 0 Å². The molecule has 14 heteroatoms. The number of Topliss-reactive ketones (excluding diaryl/α,β-unsaturated/α-hetero) is 1. The second kappa shape index (κ2) is 9.63. The van der Waals surface area contributed by atoms with Gasteiger partial charge in [-0.1, -0.05) is 22.7 Å². The molecule has 0 aliphatic carbocycles. The number of fused-ring (bicyclic) bond motifs is 1. The quantitative estimate of drug-likeness (QED) is 0.249. The monoisotopic (exact) mass is 534 g/mol. The predicted molar refractivity (Wildman–Crippen MR) is 139 cm³/mol. The number of benzene rings is 1. The van der Waals surface area contributed by atoms with E-state index >= 15 is 0 Å². The van der Waals surface area contributed by atoms with Gasteiger partial charge in [0.2, 0.25) is 5.95 Å². The number of aryl methyl sites for hydroxylation is 1. The smallest absolute Gasteiger partial charge is 0.295 e. The Labute approximate surface area is 232 Å². The zero-order valence-electron chi connectivity index (χ0n) is 27.8. The number of pyridine rings is 1. The number of aromatic nitrogens is 9. The molecule has 198 valence electrons. The maximum Gasteiger partial charge on any atom is 0.295 e. The van der Waals surface area contributed by atoms with Crippen LogP contribution >= 0.6 is 0 Å². The molecule has 0 radical (unpaired) electrons. The summed E-state index contributed by atoms with van der Waals surface area (Å²) in [5, 5.41) is 15.9. The van der Waals surface area contributed by atoms with Gasteiger partial charge in [0.1, 0.15) is 17.9 Å². The van der Waals surface area contributed by atoms with Crippen LogP contribution in [0, 0.1) is 13.8 Å². The Morgan fingerprint density at radius 2 is 1.92 bits per heavy atom. The molecule has 0 unspecified atom stereocenters. The van der Waals surface area contributed by atoms with E-state index in [0.717, 1.165) is 9.36 Å². The fourth-order valence-electron chi connectivity index (χ4n) is 4.34. The summed E-state index contributed by atoms with van der Waals surface area (Å²) >= 11 is 0. The molecule has 0 bridgehead atoms. The molecule has 5 heterocycles. The number of amides is 1. The third-order valence-corrected chi connectivity index (χ3v) is 6.27. The Balaban J connectivity index is 1.24. The van der Waals surface area contributed by atoms with E-state index in [1.807, 2.05) is 0 Å². The predicted octanol–water partition coefficient (Wildman–Crippen LogP) is 1.28. The van der Waals surface area contributed by atoms with E-state index in [4.69, 9.17) is 14.3 Å². The van der Waals surface area contributed by atoms with Gasteiger partial charge >= 0.3 is 0 Å². The summed E-state index contributed by atoms with van der Waals surface area (Å²) in [6.07, 6.45) is 3.87. The van der Waals surface area contributed by atoms with E-state index in [2.05, 4.69) is 35.6 Å². The van der Waals surface area contributed by atoms with Crippen LogP contribution in [0.4, 0.5) is 5.95 Å². The van der Waals surface area contributed by atoms with E-state index in [-0.39, 0.29) is 101 Å². The van der Waals surface area contributed by atoms with Crippen LogP contribution in [0.1, 0.15) is 31.3 Å². The summed E-state index contributed by atoms with van der Waals surface area (Å²) in [5.41, 5.74) is 0.397. The number of carbonyl (C=O) groups excluding carboxylic acids is 2. The lowest BCUT2D eigenvalue weighted by Gasteiger charge is -2.34. The first kappa shape index (κ1) is 17.4. The van der Waals surface area contributed by atoms with Crippen molar-refractivity contribution in [3.63, 3.8) is 0 Å². The Hall–Kier alpha value is -5.14. The van der Waals surface area contributed by atoms with Gasteiger partial charge < -0.3 is 19.5 Å². The third-order valence-electron chi connectivity index (χ3n) is 6.27. The Bertz CT molecular complexity index is 1980. The number of carbonyl (C=O) groups is 2. The maximum absolute atomic E-state index is 13.6. The second-order valence-electron chi connectivity index (χ2n) is 8.59. The highest BCUT2D eigenvalue weighted by molar-refractivity contribution is 6.45. The van der Waals surface area contributed by atoms with Gasteiger partial charge in [-0.15, -0.1) is 0 Å². The molecule has 1 aliphatic rings. The molecule has 14 nitrogen and oxygen atoms in total. The number of aromatic amines is 1. The number of ether oxygens (including phenoxy) is 1. The van der Waals surface area contributed by atoms with Crippen LogP contribution < -0.4 is 9.64 Å². The van der Waals surface area contributed by atoms with E-state index < -0.39 is 18.5 Å². The van der Waals surface area contributed by atoms with Gasteiger partial charge in [0, 0.05) is 36.5 Å². The highest BCUT2D eigenvalue weighted by atomic mass is 16.5. The summed E-state index contributed by atoms with van der Waals surface area (Å²) in [7, 11) is 1.38. The highest BCUT2D eigenvalue weighted by Crippen LogP contribution is 2.32. The van der Waals surface area contributed by atoms with Gasteiger partial charge in [0.25, 0.3) is 11.7 Å². The molecular weight excluding hydrogens is 502 g/mol. The van der Waals surface area contributed by atoms with Gasteiger partial charge in [-0.25, -0.2) is 14.6 Å². The third kappa shape index (κ3) is 4.24. The first-order chi connectivity index (χ1) is 21.8. The number of nitrogens with zero attached hydrogens (tertiary/aromatic N) is 10. The SMILES string of the molecule is [2H]c1c([2H])c(-n2nnnc2N2CCN(C(=O)C(=O)c3c[nH]c4c(-n5cnc(C([2H])([2H])[2H])n5)ncc(OC)c34)CC2)c([2H])c([2H])c1C. The molecule has 1 aromatic carbocycles. The van der Waals surface area contributed by atoms with E-state index in [1.54, 1.807) is 4.90 Å². The van der Waals surface area contributed by atoms with Gasteiger partial charge in [-0.3, -0.25) is 9.59 Å². The number of hydrogen-bond donors (Lipinski definition) is 1. The lowest BCUT2D eigenvalue weighted by molar-refractivity contribution is -0.126. The molecule has 5 aromatic rings. The van der Waals surface area contributed by atoms with Crippen molar-refractivity contribution < 1.29 is 23.9 Å². The van der Waals surface area contributed by atoms with Crippen LogP contribution in [0.15, 0.2) is 42.9 Å². The lowest BCUT2D eigenvalue weighted by atomic mass is 10.1. The standard InChI is InChI=1S/C25H25N11O3/c1-15-4-6-17(7-5-15)36-25(29-31-32-36)34-10-8-33(9-11-34)24(38)22(37)18-12-26-21-20(18)19(39-3)13-27-23(21)35-14-28-16(2)30-35/h4-7,12-14,26H,8-11H2,1-3H3/i2D3,4D,5D,6D,7D. The molecule has 1 fully saturated rings. The molecule has 0 atom stereocenters. The number of rotatable bonds is 6. The summed E-state index contributed by atoms with van der Waals surface area (Å²) < 4.78 is 63.4. The molecule has 1 saturated heterocycles. The molecule has 1 N–H and O–H groups in total. The van der Waals surface area contributed by atoms with E-state index in [0.29, 0.717) is 0 Å². The first-order valence-corrected chi connectivity index (χ1v) is 11.7. The Morgan fingerprint density at radius 1 is 1.13 bits per heavy atom. The molecule has 6 rings (SSSR count). The van der Waals surface area contributed by atoms with E-state index in [9.17, 15) is 9.59 Å². The number of anilines is 1. The Morgan fingerprint density at radius 3 is 2.64 bits per heavy atom.